The van der Waals surface area contributed by atoms with Crippen molar-refractivity contribution < 1.29 is 27.9 Å². The van der Waals surface area contributed by atoms with Crippen LogP contribution in [0.25, 0.3) is 0 Å². The second-order valence-corrected chi connectivity index (χ2v) is 7.79. The summed E-state index contributed by atoms with van der Waals surface area (Å²) in [7, 11) is -2.53. The second-order valence-electron chi connectivity index (χ2n) is 5.85. The molecule has 23 heavy (non-hydrogen) atoms. The summed E-state index contributed by atoms with van der Waals surface area (Å²) < 4.78 is 31.1. The summed E-state index contributed by atoms with van der Waals surface area (Å²) >= 11 is 0. The Hall–Kier alpha value is -1.93. The molecule has 0 aromatic heterocycles. The highest BCUT2D eigenvalue weighted by atomic mass is 32.2. The van der Waals surface area contributed by atoms with Crippen molar-refractivity contribution >= 4 is 22.0 Å². The Kier molecular flexibility index (Phi) is 4.76. The van der Waals surface area contributed by atoms with Gasteiger partial charge in [0.2, 0.25) is 10.0 Å². The van der Waals surface area contributed by atoms with Crippen molar-refractivity contribution in [3.63, 3.8) is 0 Å². The second kappa shape index (κ2) is 6.29. The maximum atomic E-state index is 12.7. The van der Waals surface area contributed by atoms with Crippen LogP contribution in [0.1, 0.15) is 18.9 Å². The summed E-state index contributed by atoms with van der Waals surface area (Å²) in [6.07, 6.45) is 0.246. The van der Waals surface area contributed by atoms with Crippen LogP contribution < -0.4 is 0 Å². The Morgan fingerprint density at radius 3 is 2.65 bits per heavy atom. The zero-order chi connectivity index (χ0) is 17.3. The van der Waals surface area contributed by atoms with Crippen molar-refractivity contribution in [2.45, 2.75) is 24.7 Å². The van der Waals surface area contributed by atoms with Crippen molar-refractivity contribution in [1.29, 1.82) is 0 Å². The molecular formula is C15H19NO6S. The van der Waals surface area contributed by atoms with Gasteiger partial charge >= 0.3 is 11.9 Å². The molecule has 7 nitrogen and oxygen atoms in total. The molecule has 1 aliphatic rings. The van der Waals surface area contributed by atoms with Crippen LogP contribution in [0.15, 0.2) is 29.2 Å². The fourth-order valence-corrected chi connectivity index (χ4v) is 4.14. The van der Waals surface area contributed by atoms with E-state index < -0.39 is 27.4 Å². The van der Waals surface area contributed by atoms with Gasteiger partial charge in [-0.3, -0.25) is 9.59 Å². The third-order valence-corrected chi connectivity index (χ3v) is 5.91. The number of sulfonamides is 1. The van der Waals surface area contributed by atoms with Gasteiger partial charge in [-0.2, -0.15) is 4.31 Å². The predicted octanol–water partition coefficient (Wildman–Crippen LogP) is 0.887. The highest BCUT2D eigenvalue weighted by molar-refractivity contribution is 7.89. The van der Waals surface area contributed by atoms with Crippen LogP contribution in [0, 0.1) is 5.41 Å². The van der Waals surface area contributed by atoms with E-state index in [9.17, 15) is 23.1 Å². The lowest BCUT2D eigenvalue weighted by molar-refractivity contribution is -0.147. The van der Waals surface area contributed by atoms with Gasteiger partial charge < -0.3 is 9.84 Å². The van der Waals surface area contributed by atoms with Gasteiger partial charge in [0, 0.05) is 13.1 Å². The minimum Gasteiger partial charge on any atom is -0.481 e. The molecule has 0 amide bonds. The number of carboxylic acid groups (broad SMARTS) is 1. The van der Waals surface area contributed by atoms with Crippen LogP contribution in [0.5, 0.6) is 0 Å². The molecule has 1 unspecified atom stereocenters. The van der Waals surface area contributed by atoms with Crippen LogP contribution >= 0.6 is 0 Å². The van der Waals surface area contributed by atoms with Gasteiger partial charge in [-0.15, -0.1) is 0 Å². The number of carbonyl (C=O) groups is 2. The normalized spacial score (nSPS) is 22.0. The van der Waals surface area contributed by atoms with Crippen molar-refractivity contribution in [1.82, 2.24) is 4.31 Å². The third kappa shape index (κ3) is 3.53. The summed E-state index contributed by atoms with van der Waals surface area (Å²) in [5.74, 6) is -1.46. The van der Waals surface area contributed by atoms with E-state index in [-0.39, 0.29) is 30.8 Å². The lowest BCUT2D eigenvalue weighted by atomic mass is 9.90. The molecule has 0 aliphatic carbocycles. The summed E-state index contributed by atoms with van der Waals surface area (Å²) in [6, 6.07) is 6.05. The number of hydrogen-bond acceptors (Lipinski definition) is 5. The summed E-state index contributed by atoms with van der Waals surface area (Å²) in [6.45, 7) is 1.64. The smallest absolute Gasteiger partial charge is 0.310 e. The largest absolute Gasteiger partial charge is 0.481 e. The maximum absolute atomic E-state index is 12.7. The quantitative estimate of drug-likeness (QED) is 0.798. The Balaban J connectivity index is 2.25. The summed E-state index contributed by atoms with van der Waals surface area (Å²) in [5, 5.41) is 9.22. The first kappa shape index (κ1) is 17.4. The highest BCUT2D eigenvalue weighted by Gasteiger charge is 2.44. The fourth-order valence-electron chi connectivity index (χ4n) is 2.50. The standard InChI is InChI=1S/C15H19NO6S/c1-15(14(18)19)6-7-16(10-15)23(20,21)12-5-3-4-11(8-12)9-13(17)22-2/h3-5,8H,6-7,9-10H2,1-2H3,(H,18,19). The molecule has 1 heterocycles. The number of methoxy groups -OCH3 is 1. The summed E-state index contributed by atoms with van der Waals surface area (Å²) in [4.78, 5) is 22.6. The van der Waals surface area contributed by atoms with Crippen molar-refractivity contribution in [2.24, 2.45) is 5.41 Å². The number of ether oxygens (including phenoxy) is 1. The zero-order valence-electron chi connectivity index (χ0n) is 13.0. The number of carbonyl (C=O) groups excluding carboxylic acids is 1. The van der Waals surface area contributed by atoms with Gasteiger partial charge in [0.1, 0.15) is 0 Å². The topological polar surface area (TPSA) is 101 Å². The molecule has 2 rings (SSSR count). The first-order chi connectivity index (χ1) is 10.7. The zero-order valence-corrected chi connectivity index (χ0v) is 13.8. The molecular weight excluding hydrogens is 322 g/mol. The number of nitrogens with zero attached hydrogens (tertiary/aromatic N) is 1. The lowest BCUT2D eigenvalue weighted by Crippen LogP contribution is -2.34. The summed E-state index contributed by atoms with van der Waals surface area (Å²) in [5.41, 5.74) is -0.547. The van der Waals surface area contributed by atoms with Crippen molar-refractivity contribution in [3.8, 4) is 0 Å². The molecule has 1 atom stereocenters. The van der Waals surface area contributed by atoms with Gasteiger partial charge in [-0.1, -0.05) is 12.1 Å². The number of carboxylic acids is 1. The van der Waals surface area contributed by atoms with Crippen LogP contribution in [0.2, 0.25) is 0 Å². The van der Waals surface area contributed by atoms with Crippen LogP contribution in [-0.2, 0) is 30.8 Å². The van der Waals surface area contributed by atoms with Gasteiger partial charge in [0.15, 0.2) is 0 Å². The van der Waals surface area contributed by atoms with E-state index in [4.69, 9.17) is 0 Å². The Morgan fingerprint density at radius 1 is 1.39 bits per heavy atom. The maximum Gasteiger partial charge on any atom is 0.310 e. The van der Waals surface area contributed by atoms with Crippen molar-refractivity contribution in [2.75, 3.05) is 20.2 Å². The molecule has 1 N–H and O–H groups in total. The van der Waals surface area contributed by atoms with E-state index in [0.717, 1.165) is 0 Å². The minimum absolute atomic E-state index is 0.0211. The number of hydrogen-bond donors (Lipinski definition) is 1. The molecule has 1 aliphatic heterocycles. The molecule has 1 aromatic carbocycles. The Labute approximate surface area is 134 Å². The van der Waals surface area contributed by atoms with Crippen LogP contribution in [0.4, 0.5) is 0 Å². The average Bonchev–Trinajstić information content (AvgIpc) is 2.92. The number of benzene rings is 1. The van der Waals surface area contributed by atoms with E-state index in [1.54, 1.807) is 19.1 Å². The minimum atomic E-state index is -3.79. The van der Waals surface area contributed by atoms with E-state index >= 15 is 0 Å². The van der Waals surface area contributed by atoms with Crippen LogP contribution in [-0.4, -0.2) is 50.0 Å². The highest BCUT2D eigenvalue weighted by Crippen LogP contribution is 2.33. The number of esters is 1. The molecule has 126 valence electrons. The molecule has 1 fully saturated rings. The van der Waals surface area contributed by atoms with Gasteiger partial charge in [0.25, 0.3) is 0 Å². The third-order valence-electron chi connectivity index (χ3n) is 4.07. The number of rotatable bonds is 5. The SMILES string of the molecule is COC(=O)Cc1cccc(S(=O)(=O)N2CCC(C)(C(=O)O)C2)c1. The predicted molar refractivity (Wildman–Crippen MR) is 81.3 cm³/mol. The Morgan fingerprint density at radius 2 is 2.09 bits per heavy atom. The van der Waals surface area contributed by atoms with E-state index in [1.165, 1.54) is 23.5 Å². The Bertz CT molecular complexity index is 729. The van der Waals surface area contributed by atoms with Crippen molar-refractivity contribution in [3.05, 3.63) is 29.8 Å². The molecule has 0 radical (unpaired) electrons. The van der Waals surface area contributed by atoms with Gasteiger partial charge in [-0.05, 0) is 31.0 Å². The first-order valence-electron chi connectivity index (χ1n) is 7.08. The monoisotopic (exact) mass is 341 g/mol. The molecule has 0 spiro atoms. The average molecular weight is 341 g/mol. The first-order valence-corrected chi connectivity index (χ1v) is 8.52. The molecule has 0 saturated carbocycles. The van der Waals surface area contributed by atoms with Crippen LogP contribution in [0.3, 0.4) is 0 Å². The molecule has 0 bridgehead atoms. The van der Waals surface area contributed by atoms with E-state index in [1.807, 2.05) is 0 Å². The van der Waals surface area contributed by atoms with Gasteiger partial charge in [0.05, 0.1) is 23.8 Å². The van der Waals surface area contributed by atoms with E-state index in [2.05, 4.69) is 4.74 Å². The fraction of sp³-hybridized carbons (Fsp3) is 0.467. The lowest BCUT2D eigenvalue weighted by Gasteiger charge is -2.20. The molecule has 1 saturated heterocycles. The molecule has 1 aromatic rings. The number of aliphatic carboxylic acids is 1. The van der Waals surface area contributed by atoms with Gasteiger partial charge in [-0.25, -0.2) is 8.42 Å². The van der Waals surface area contributed by atoms with E-state index in [0.29, 0.717) is 5.56 Å². The molecule has 8 heteroatoms.